The zero-order valence-electron chi connectivity index (χ0n) is 17.8. The summed E-state index contributed by atoms with van der Waals surface area (Å²) in [5.74, 6) is 1.13. The summed E-state index contributed by atoms with van der Waals surface area (Å²) < 4.78 is 5.61. The number of benzene rings is 3. The lowest BCUT2D eigenvalue weighted by atomic mass is 10.1. The van der Waals surface area contributed by atoms with Crippen molar-refractivity contribution in [3.63, 3.8) is 0 Å². The van der Waals surface area contributed by atoms with Crippen LogP contribution in [0.1, 0.15) is 17.5 Å². The van der Waals surface area contributed by atoms with Gasteiger partial charge in [-0.25, -0.2) is 0 Å². The average Bonchev–Trinajstić information content (AvgIpc) is 3.27. The number of carbonyl (C=O) groups excluding carboxylic acids is 1. The smallest absolute Gasteiger partial charge is 0.225 e. The Morgan fingerprint density at radius 2 is 1.74 bits per heavy atom. The highest BCUT2D eigenvalue weighted by molar-refractivity contribution is 6.02. The molecule has 0 radical (unpaired) electrons. The van der Waals surface area contributed by atoms with Crippen molar-refractivity contribution in [2.75, 3.05) is 44.6 Å². The van der Waals surface area contributed by atoms with Gasteiger partial charge in [0.1, 0.15) is 5.75 Å². The fourth-order valence-corrected chi connectivity index (χ4v) is 4.57. The maximum absolute atomic E-state index is 12.5. The molecule has 0 aromatic heterocycles. The highest BCUT2D eigenvalue weighted by atomic mass is 16.5. The van der Waals surface area contributed by atoms with Gasteiger partial charge in [-0.1, -0.05) is 48.5 Å². The van der Waals surface area contributed by atoms with Gasteiger partial charge in [0.15, 0.2) is 0 Å². The van der Waals surface area contributed by atoms with Crippen molar-refractivity contribution in [1.29, 1.82) is 0 Å². The lowest BCUT2D eigenvalue weighted by Crippen LogP contribution is -2.46. The lowest BCUT2D eigenvalue weighted by molar-refractivity contribution is -0.116. The maximum Gasteiger partial charge on any atom is 0.225 e. The Morgan fingerprint density at radius 1 is 0.935 bits per heavy atom. The molecule has 0 spiro atoms. The molecule has 0 atom stereocenters. The van der Waals surface area contributed by atoms with E-state index in [-0.39, 0.29) is 5.91 Å². The van der Waals surface area contributed by atoms with Crippen LogP contribution in [0.3, 0.4) is 0 Å². The summed E-state index contributed by atoms with van der Waals surface area (Å²) in [4.78, 5) is 17.4. The van der Waals surface area contributed by atoms with E-state index in [0.717, 1.165) is 74.5 Å². The summed E-state index contributed by atoms with van der Waals surface area (Å²) in [6, 6.07) is 20.8. The van der Waals surface area contributed by atoms with Crippen molar-refractivity contribution >= 4 is 22.4 Å². The third-order valence-corrected chi connectivity index (χ3v) is 6.34. The molecule has 0 unspecified atom stereocenters. The van der Waals surface area contributed by atoms with E-state index in [9.17, 15) is 4.79 Å². The molecule has 1 saturated heterocycles. The standard InChI is InChI=1S/C26H29N3O2/c30-26(27-24-7-3-5-21-4-1-2-6-23(21)24)10-12-28-13-15-29(16-14-28)19-20-8-9-25-22(18-20)11-17-31-25/h1-9,18H,10-17,19H2,(H,27,30). The van der Waals surface area contributed by atoms with E-state index in [2.05, 4.69) is 51.5 Å². The minimum Gasteiger partial charge on any atom is -0.493 e. The van der Waals surface area contributed by atoms with Crippen molar-refractivity contribution in [3.05, 3.63) is 71.8 Å². The molecule has 5 nitrogen and oxygen atoms in total. The SMILES string of the molecule is O=C(CCN1CCN(Cc2ccc3c(c2)CCO3)CC1)Nc1cccc2ccccc12. The first-order valence-corrected chi connectivity index (χ1v) is 11.2. The zero-order chi connectivity index (χ0) is 21.0. The fraction of sp³-hybridized carbons (Fsp3) is 0.346. The quantitative estimate of drug-likeness (QED) is 0.663. The highest BCUT2D eigenvalue weighted by Crippen LogP contribution is 2.26. The van der Waals surface area contributed by atoms with Crippen LogP contribution in [-0.4, -0.2) is 55.0 Å². The normalized spacial score (nSPS) is 16.8. The molecule has 3 aromatic carbocycles. The number of hydrogen-bond donors (Lipinski definition) is 1. The molecular weight excluding hydrogens is 386 g/mol. The molecule has 2 aliphatic heterocycles. The third kappa shape index (κ3) is 4.73. The van der Waals surface area contributed by atoms with Gasteiger partial charge in [0, 0.05) is 63.2 Å². The number of rotatable bonds is 6. The second-order valence-electron chi connectivity index (χ2n) is 8.48. The predicted octanol–water partition coefficient (Wildman–Crippen LogP) is 3.92. The molecule has 5 heteroatoms. The lowest BCUT2D eigenvalue weighted by Gasteiger charge is -2.34. The van der Waals surface area contributed by atoms with E-state index in [1.165, 1.54) is 11.1 Å². The van der Waals surface area contributed by atoms with Crippen molar-refractivity contribution in [2.45, 2.75) is 19.4 Å². The largest absolute Gasteiger partial charge is 0.493 e. The van der Waals surface area contributed by atoms with Crippen LogP contribution in [0, 0.1) is 0 Å². The van der Waals surface area contributed by atoms with Crippen LogP contribution in [0.4, 0.5) is 5.69 Å². The number of nitrogens with zero attached hydrogens (tertiary/aromatic N) is 2. The van der Waals surface area contributed by atoms with Gasteiger partial charge in [0.2, 0.25) is 5.91 Å². The second-order valence-corrected chi connectivity index (χ2v) is 8.48. The Kier molecular flexibility index (Phi) is 5.87. The fourth-order valence-electron chi connectivity index (χ4n) is 4.57. The van der Waals surface area contributed by atoms with E-state index in [4.69, 9.17) is 4.74 Å². The molecule has 1 N–H and O–H groups in total. The van der Waals surface area contributed by atoms with Crippen LogP contribution in [0.5, 0.6) is 5.75 Å². The molecule has 31 heavy (non-hydrogen) atoms. The van der Waals surface area contributed by atoms with Crippen LogP contribution in [0.2, 0.25) is 0 Å². The number of fused-ring (bicyclic) bond motifs is 2. The zero-order valence-corrected chi connectivity index (χ0v) is 17.8. The topological polar surface area (TPSA) is 44.8 Å². The molecular formula is C26H29N3O2. The Morgan fingerprint density at radius 3 is 2.65 bits per heavy atom. The van der Waals surface area contributed by atoms with Gasteiger partial charge in [-0.3, -0.25) is 9.69 Å². The number of carbonyl (C=O) groups is 1. The first-order valence-electron chi connectivity index (χ1n) is 11.2. The summed E-state index contributed by atoms with van der Waals surface area (Å²) in [6.45, 7) is 6.71. The van der Waals surface area contributed by atoms with Gasteiger partial charge in [-0.15, -0.1) is 0 Å². The monoisotopic (exact) mass is 415 g/mol. The van der Waals surface area contributed by atoms with Crippen LogP contribution in [0.25, 0.3) is 10.8 Å². The summed E-state index contributed by atoms with van der Waals surface area (Å²) in [5.41, 5.74) is 3.60. The molecule has 160 valence electrons. The predicted molar refractivity (Wildman–Crippen MR) is 125 cm³/mol. The van der Waals surface area contributed by atoms with Gasteiger partial charge in [0.25, 0.3) is 0 Å². The number of anilines is 1. The van der Waals surface area contributed by atoms with Crippen LogP contribution in [0.15, 0.2) is 60.7 Å². The summed E-state index contributed by atoms with van der Waals surface area (Å²) in [5, 5.41) is 5.33. The summed E-state index contributed by atoms with van der Waals surface area (Å²) in [7, 11) is 0. The Bertz CT molecular complexity index is 1070. The first kappa shape index (κ1) is 20.0. The molecule has 0 bridgehead atoms. The van der Waals surface area contributed by atoms with E-state index in [0.29, 0.717) is 6.42 Å². The third-order valence-electron chi connectivity index (χ3n) is 6.34. The van der Waals surface area contributed by atoms with Gasteiger partial charge < -0.3 is 15.0 Å². The van der Waals surface area contributed by atoms with E-state index >= 15 is 0 Å². The van der Waals surface area contributed by atoms with Crippen molar-refractivity contribution < 1.29 is 9.53 Å². The minimum absolute atomic E-state index is 0.0825. The number of ether oxygens (including phenoxy) is 1. The van der Waals surface area contributed by atoms with E-state index < -0.39 is 0 Å². The second kappa shape index (κ2) is 9.08. The van der Waals surface area contributed by atoms with Gasteiger partial charge in [-0.05, 0) is 28.6 Å². The van der Waals surface area contributed by atoms with E-state index in [1.54, 1.807) is 0 Å². The Labute approximate surface area is 183 Å². The molecule has 1 fully saturated rings. The molecule has 5 rings (SSSR count). The van der Waals surface area contributed by atoms with Crippen LogP contribution in [-0.2, 0) is 17.8 Å². The van der Waals surface area contributed by atoms with Gasteiger partial charge >= 0.3 is 0 Å². The highest BCUT2D eigenvalue weighted by Gasteiger charge is 2.19. The number of hydrogen-bond acceptors (Lipinski definition) is 4. The Hall–Kier alpha value is -2.89. The Balaban J connectivity index is 1.08. The summed E-state index contributed by atoms with van der Waals surface area (Å²) in [6.07, 6.45) is 1.55. The molecule has 0 saturated carbocycles. The number of piperazine rings is 1. The molecule has 2 heterocycles. The van der Waals surface area contributed by atoms with Gasteiger partial charge in [-0.2, -0.15) is 0 Å². The minimum atomic E-state index is 0.0825. The number of nitrogens with one attached hydrogen (secondary N) is 1. The molecule has 1 amide bonds. The number of amides is 1. The molecule has 2 aliphatic rings. The van der Waals surface area contributed by atoms with Crippen molar-refractivity contribution in [2.24, 2.45) is 0 Å². The van der Waals surface area contributed by atoms with Crippen LogP contribution >= 0.6 is 0 Å². The maximum atomic E-state index is 12.5. The van der Waals surface area contributed by atoms with Crippen molar-refractivity contribution in [3.8, 4) is 5.75 Å². The van der Waals surface area contributed by atoms with Crippen molar-refractivity contribution in [1.82, 2.24) is 9.80 Å². The van der Waals surface area contributed by atoms with Crippen LogP contribution < -0.4 is 10.1 Å². The summed E-state index contributed by atoms with van der Waals surface area (Å²) >= 11 is 0. The van der Waals surface area contributed by atoms with Gasteiger partial charge in [0.05, 0.1) is 6.61 Å². The average molecular weight is 416 g/mol. The van der Waals surface area contributed by atoms with E-state index in [1.807, 2.05) is 24.3 Å². The first-order chi connectivity index (χ1) is 15.2. The molecule has 0 aliphatic carbocycles. The molecule has 3 aromatic rings.